The van der Waals surface area contributed by atoms with Crippen LogP contribution in [0.5, 0.6) is 0 Å². The van der Waals surface area contributed by atoms with Crippen molar-refractivity contribution in [1.29, 1.82) is 0 Å². The van der Waals surface area contributed by atoms with Crippen molar-refractivity contribution < 1.29 is 14.8 Å². The number of carboxylic acids is 1. The van der Waals surface area contributed by atoms with Gasteiger partial charge in [-0.15, -0.1) is 11.8 Å². The fourth-order valence-corrected chi connectivity index (χ4v) is 3.21. The molecule has 0 saturated carbocycles. The van der Waals surface area contributed by atoms with E-state index in [1.165, 1.54) is 23.9 Å². The van der Waals surface area contributed by atoms with Crippen molar-refractivity contribution in [2.45, 2.75) is 30.4 Å². The van der Waals surface area contributed by atoms with E-state index in [-0.39, 0.29) is 17.4 Å². The summed E-state index contributed by atoms with van der Waals surface area (Å²) in [4.78, 5) is 26.4. The predicted molar refractivity (Wildman–Crippen MR) is 80.7 cm³/mol. The molecule has 0 saturated heterocycles. The highest BCUT2D eigenvalue weighted by molar-refractivity contribution is 8.00. The molecule has 0 bridgehead atoms. The summed E-state index contributed by atoms with van der Waals surface area (Å²) in [7, 11) is 0. The van der Waals surface area contributed by atoms with Crippen LogP contribution in [0, 0.1) is 17.0 Å². The molecule has 7 heteroatoms. The molecule has 1 atom stereocenters. The summed E-state index contributed by atoms with van der Waals surface area (Å²) in [5, 5.41) is 20.3. The quantitative estimate of drug-likeness (QED) is 0.517. The number of hydrogen-bond acceptors (Lipinski definition) is 5. The Morgan fingerprint density at radius 2 is 2.19 bits per heavy atom. The van der Waals surface area contributed by atoms with E-state index in [9.17, 15) is 14.9 Å². The molecule has 0 aliphatic heterocycles. The number of benzene rings is 1. The van der Waals surface area contributed by atoms with Gasteiger partial charge in [0.05, 0.1) is 16.9 Å². The lowest BCUT2D eigenvalue weighted by molar-refractivity contribution is -0.384. The van der Waals surface area contributed by atoms with Crippen LogP contribution in [0.25, 0.3) is 10.9 Å². The molecule has 1 heterocycles. The zero-order valence-electron chi connectivity index (χ0n) is 11.6. The molecule has 0 aliphatic rings. The molecule has 0 aliphatic carbocycles. The summed E-state index contributed by atoms with van der Waals surface area (Å²) in [6, 6.07) is 6.35. The Bertz CT molecular complexity index is 717. The highest BCUT2D eigenvalue weighted by atomic mass is 32.2. The maximum Gasteiger partial charge on any atom is 0.304 e. The molecule has 0 fully saturated rings. The van der Waals surface area contributed by atoms with E-state index in [1.807, 2.05) is 19.9 Å². The first-order valence-electron chi connectivity index (χ1n) is 6.31. The Morgan fingerprint density at radius 3 is 2.81 bits per heavy atom. The summed E-state index contributed by atoms with van der Waals surface area (Å²) in [5.41, 5.74) is 1.47. The van der Waals surface area contributed by atoms with Gasteiger partial charge in [-0.3, -0.25) is 19.9 Å². The Kier molecular flexibility index (Phi) is 4.42. The minimum absolute atomic E-state index is 0.000825. The van der Waals surface area contributed by atoms with E-state index in [2.05, 4.69) is 4.98 Å². The van der Waals surface area contributed by atoms with Gasteiger partial charge in [0.1, 0.15) is 0 Å². The second-order valence-electron chi connectivity index (χ2n) is 4.75. The number of aryl methyl sites for hydroxylation is 1. The number of aromatic nitrogens is 1. The van der Waals surface area contributed by atoms with E-state index >= 15 is 0 Å². The van der Waals surface area contributed by atoms with E-state index in [4.69, 9.17) is 5.11 Å². The van der Waals surface area contributed by atoms with Crippen molar-refractivity contribution in [1.82, 2.24) is 4.98 Å². The number of nitro benzene ring substituents is 1. The molecule has 1 N–H and O–H groups in total. The summed E-state index contributed by atoms with van der Waals surface area (Å²) in [5.74, 6) is -0.865. The number of non-ortho nitro benzene ring substituents is 1. The topological polar surface area (TPSA) is 93.3 Å². The van der Waals surface area contributed by atoms with Gasteiger partial charge in [0.2, 0.25) is 0 Å². The lowest BCUT2D eigenvalue weighted by Crippen LogP contribution is -2.05. The Balaban J connectivity index is 2.47. The largest absolute Gasteiger partial charge is 0.481 e. The van der Waals surface area contributed by atoms with Gasteiger partial charge in [-0.2, -0.15) is 0 Å². The lowest BCUT2D eigenvalue weighted by atomic mass is 10.2. The summed E-state index contributed by atoms with van der Waals surface area (Å²) in [6.07, 6.45) is 0.0302. The number of carboxylic acid groups (broad SMARTS) is 1. The molecule has 0 amide bonds. The second-order valence-corrected chi connectivity index (χ2v) is 6.23. The monoisotopic (exact) mass is 306 g/mol. The van der Waals surface area contributed by atoms with Gasteiger partial charge in [-0.25, -0.2) is 0 Å². The number of nitro groups is 1. The number of rotatable bonds is 5. The number of aliphatic carboxylic acids is 1. The molecule has 2 rings (SSSR count). The van der Waals surface area contributed by atoms with Gasteiger partial charge in [0.25, 0.3) is 5.69 Å². The fourth-order valence-electron chi connectivity index (χ4n) is 2.02. The predicted octanol–water partition coefficient (Wildman–Crippen LogP) is 3.41. The molecule has 1 unspecified atom stereocenters. The molecule has 110 valence electrons. The third kappa shape index (κ3) is 3.69. The first kappa shape index (κ1) is 15.2. The van der Waals surface area contributed by atoms with Crippen molar-refractivity contribution in [3.8, 4) is 0 Å². The van der Waals surface area contributed by atoms with Crippen LogP contribution in [0.15, 0.2) is 29.2 Å². The Morgan fingerprint density at radius 1 is 1.48 bits per heavy atom. The van der Waals surface area contributed by atoms with Crippen LogP contribution in [-0.2, 0) is 4.79 Å². The molecule has 2 aromatic rings. The maximum atomic E-state index is 10.9. The third-order valence-electron chi connectivity index (χ3n) is 2.88. The number of pyridine rings is 1. The van der Waals surface area contributed by atoms with Crippen LogP contribution in [-0.4, -0.2) is 26.2 Å². The van der Waals surface area contributed by atoms with Crippen LogP contribution in [0.3, 0.4) is 0 Å². The van der Waals surface area contributed by atoms with Crippen LogP contribution >= 0.6 is 11.8 Å². The van der Waals surface area contributed by atoms with E-state index in [0.717, 1.165) is 10.6 Å². The SMILES string of the molecule is Cc1cc(SC(C)CC(=O)O)c2cc([N+](=O)[O-])ccc2n1. The zero-order valence-corrected chi connectivity index (χ0v) is 12.4. The summed E-state index contributed by atoms with van der Waals surface area (Å²) >= 11 is 1.39. The number of nitrogens with zero attached hydrogens (tertiary/aromatic N) is 2. The van der Waals surface area contributed by atoms with Gasteiger partial charge >= 0.3 is 5.97 Å². The molecule has 6 nitrogen and oxygen atoms in total. The molecule has 0 radical (unpaired) electrons. The number of fused-ring (bicyclic) bond motifs is 1. The summed E-state index contributed by atoms with van der Waals surface area (Å²) < 4.78 is 0. The minimum atomic E-state index is -0.865. The molecule has 21 heavy (non-hydrogen) atoms. The molecular formula is C14H14N2O4S. The molecule has 1 aromatic carbocycles. The highest BCUT2D eigenvalue weighted by Gasteiger charge is 2.15. The fraction of sp³-hybridized carbons (Fsp3) is 0.286. The number of carbonyl (C=O) groups is 1. The number of thioether (sulfide) groups is 1. The minimum Gasteiger partial charge on any atom is -0.481 e. The van der Waals surface area contributed by atoms with Gasteiger partial charge in [-0.1, -0.05) is 6.92 Å². The van der Waals surface area contributed by atoms with Crippen molar-refractivity contribution in [3.05, 3.63) is 40.1 Å². The second kappa shape index (κ2) is 6.09. The first-order valence-corrected chi connectivity index (χ1v) is 7.19. The first-order chi connectivity index (χ1) is 9.86. The van der Waals surface area contributed by atoms with Crippen LogP contribution < -0.4 is 0 Å². The average Bonchev–Trinajstić information content (AvgIpc) is 2.36. The zero-order chi connectivity index (χ0) is 15.6. The smallest absolute Gasteiger partial charge is 0.304 e. The lowest BCUT2D eigenvalue weighted by Gasteiger charge is -2.11. The van der Waals surface area contributed by atoms with Crippen LogP contribution in [0.1, 0.15) is 19.0 Å². The maximum absolute atomic E-state index is 10.9. The van der Waals surface area contributed by atoms with Crippen molar-refractivity contribution >= 4 is 34.3 Å². The third-order valence-corrected chi connectivity index (χ3v) is 4.04. The molecular weight excluding hydrogens is 292 g/mol. The van der Waals surface area contributed by atoms with Gasteiger partial charge < -0.3 is 5.11 Å². The molecule has 1 aromatic heterocycles. The van der Waals surface area contributed by atoms with Gasteiger partial charge in [0.15, 0.2) is 0 Å². The van der Waals surface area contributed by atoms with Crippen molar-refractivity contribution in [2.24, 2.45) is 0 Å². The normalized spacial score (nSPS) is 12.3. The standard InChI is InChI=1S/C14H14N2O4S/c1-8-5-13(21-9(2)6-14(17)18)11-7-10(16(19)20)3-4-12(11)15-8/h3-5,7,9H,6H2,1-2H3,(H,17,18). The van der Waals surface area contributed by atoms with Gasteiger partial charge in [0, 0.05) is 33.4 Å². The Labute approximate surface area is 125 Å². The van der Waals surface area contributed by atoms with Gasteiger partial charge in [-0.05, 0) is 19.1 Å². The van der Waals surface area contributed by atoms with Crippen LogP contribution in [0.4, 0.5) is 5.69 Å². The Hall–Kier alpha value is -2.15. The van der Waals surface area contributed by atoms with E-state index in [0.29, 0.717) is 10.9 Å². The van der Waals surface area contributed by atoms with Crippen LogP contribution in [0.2, 0.25) is 0 Å². The van der Waals surface area contributed by atoms with Crippen molar-refractivity contribution in [2.75, 3.05) is 0 Å². The van der Waals surface area contributed by atoms with Crippen molar-refractivity contribution in [3.63, 3.8) is 0 Å². The van der Waals surface area contributed by atoms with E-state index < -0.39 is 10.9 Å². The molecule has 0 spiro atoms. The summed E-state index contributed by atoms with van der Waals surface area (Å²) in [6.45, 7) is 3.66. The van der Waals surface area contributed by atoms with E-state index in [1.54, 1.807) is 6.07 Å². The highest BCUT2D eigenvalue weighted by Crippen LogP contribution is 2.33. The average molecular weight is 306 g/mol. The number of hydrogen-bond donors (Lipinski definition) is 1.